The van der Waals surface area contributed by atoms with Gasteiger partial charge in [-0.1, -0.05) is 91.0 Å². The van der Waals surface area contributed by atoms with Gasteiger partial charge in [0.05, 0.1) is 45.7 Å². The van der Waals surface area contributed by atoms with Crippen molar-refractivity contribution >= 4 is 49.3 Å². The molecule has 0 aliphatic carbocycles. The Balaban J connectivity index is 1.35. The summed E-state index contributed by atoms with van der Waals surface area (Å²) in [7, 11) is 0. The van der Waals surface area contributed by atoms with Gasteiger partial charge in [0.15, 0.2) is 5.69 Å². The Morgan fingerprint density at radius 2 is 1.02 bits per heavy atom. The van der Waals surface area contributed by atoms with Gasteiger partial charge in [-0.15, -0.1) is 0 Å². The van der Waals surface area contributed by atoms with E-state index in [0.29, 0.717) is 11.3 Å². The lowest BCUT2D eigenvalue weighted by molar-refractivity contribution is 0.746. The Hall–Kier alpha value is -7.80. The molecule has 0 N–H and O–H groups in total. The molecule has 4 aromatic heterocycles. The smallest absolute Gasteiger partial charge is 0.188 e. The van der Waals surface area contributed by atoms with Crippen molar-refractivity contribution < 1.29 is 0 Å². The Labute approximate surface area is 330 Å². The van der Waals surface area contributed by atoms with E-state index in [1.54, 1.807) is 0 Å². The average Bonchev–Trinajstić information content (AvgIpc) is 3.76. The first-order chi connectivity index (χ1) is 28.0. The number of benzene rings is 6. The van der Waals surface area contributed by atoms with E-state index in [0.717, 1.165) is 88.6 Å². The third-order valence-electron chi connectivity index (χ3n) is 11.3. The second-order valence-corrected chi connectivity index (χ2v) is 14.7. The fourth-order valence-electron chi connectivity index (χ4n) is 8.79. The summed E-state index contributed by atoms with van der Waals surface area (Å²) in [6.07, 6.45) is 3.71. The van der Waals surface area contributed by atoms with Crippen molar-refractivity contribution in [1.82, 2.24) is 19.1 Å². The summed E-state index contributed by atoms with van der Waals surface area (Å²) in [5, 5.41) is 14.0. The number of nitriles is 1. The summed E-state index contributed by atoms with van der Waals surface area (Å²) in [5.74, 6) is 1.64. The summed E-state index contributed by atoms with van der Waals surface area (Å²) >= 11 is 0. The molecule has 0 unspecified atom stereocenters. The Bertz CT molecular complexity index is 3060. The van der Waals surface area contributed by atoms with Gasteiger partial charge in [0.25, 0.3) is 0 Å². The summed E-state index contributed by atoms with van der Waals surface area (Å²) in [4.78, 5) is 13.5. The van der Waals surface area contributed by atoms with Crippen LogP contribution in [0.1, 0.15) is 38.9 Å². The second kappa shape index (κ2) is 13.2. The lowest BCUT2D eigenvalue weighted by atomic mass is 9.65. The van der Waals surface area contributed by atoms with E-state index >= 15 is 0 Å². The van der Waals surface area contributed by atoms with Crippen LogP contribution in [0, 0.1) is 31.8 Å². The standard InChI is InChI=1S/C51H34N6/c1-33-22-24-54-49(26-33)56-45-20-14-35(32-52)28-43(45)41-18-15-38(29-47(41)56)51(36-10-6-4-7-11-36,37-12-8-5-9-13-37)39-16-19-42-44-31-40(53-3)17-21-46(44)57(48(42)30-39)50-27-34(2)23-25-55-50/h4-31H,1-2H3. The maximum Gasteiger partial charge on any atom is 0.188 e. The van der Waals surface area contributed by atoms with Gasteiger partial charge in [0.1, 0.15) is 11.6 Å². The third kappa shape index (κ3) is 5.23. The van der Waals surface area contributed by atoms with Crippen LogP contribution in [0.5, 0.6) is 0 Å². The average molecular weight is 731 g/mol. The minimum Gasteiger partial charge on any atom is -0.294 e. The van der Waals surface area contributed by atoms with Gasteiger partial charge in [-0.2, -0.15) is 5.26 Å². The number of hydrogen-bond donors (Lipinski definition) is 0. The molecule has 10 rings (SSSR count). The second-order valence-electron chi connectivity index (χ2n) is 14.7. The summed E-state index contributed by atoms with van der Waals surface area (Å²) in [5.41, 5.74) is 11.0. The highest BCUT2D eigenvalue weighted by atomic mass is 15.1. The number of aryl methyl sites for hydroxylation is 2. The van der Waals surface area contributed by atoms with Crippen LogP contribution in [0.25, 0.3) is 60.1 Å². The molecule has 0 saturated heterocycles. The fourth-order valence-corrected chi connectivity index (χ4v) is 8.79. The summed E-state index contributed by atoms with van der Waals surface area (Å²) in [6, 6.07) is 57.4. The molecular weight excluding hydrogens is 697 g/mol. The van der Waals surface area contributed by atoms with Crippen LogP contribution in [0.3, 0.4) is 0 Å². The summed E-state index contributed by atoms with van der Waals surface area (Å²) in [6.45, 7) is 12.0. The van der Waals surface area contributed by atoms with Gasteiger partial charge >= 0.3 is 0 Å². The van der Waals surface area contributed by atoms with Crippen LogP contribution >= 0.6 is 0 Å². The van der Waals surface area contributed by atoms with Crippen LogP contribution in [-0.2, 0) is 5.41 Å². The molecule has 57 heavy (non-hydrogen) atoms. The molecular formula is C51H34N6. The monoisotopic (exact) mass is 730 g/mol. The molecule has 6 aromatic carbocycles. The quantitative estimate of drug-likeness (QED) is 0.126. The zero-order chi connectivity index (χ0) is 38.7. The molecule has 0 saturated carbocycles. The van der Waals surface area contributed by atoms with Crippen LogP contribution in [0.15, 0.2) is 170 Å². The highest BCUT2D eigenvalue weighted by Gasteiger charge is 2.39. The molecule has 0 amide bonds. The highest BCUT2D eigenvalue weighted by Crippen LogP contribution is 2.48. The SMILES string of the molecule is [C-]#[N+]c1ccc2c(c1)c1ccc(C(c3ccccc3)(c3ccccc3)c3ccc4c5cc(C#N)ccc5n(-c5cc(C)ccn5)c4c3)cc1n2-c1cc(C)ccn1. The van der Waals surface area contributed by atoms with Crippen molar-refractivity contribution in [3.05, 3.63) is 220 Å². The zero-order valence-corrected chi connectivity index (χ0v) is 31.3. The van der Waals surface area contributed by atoms with Crippen molar-refractivity contribution in [2.75, 3.05) is 0 Å². The topological polar surface area (TPSA) is 63.8 Å². The predicted octanol–water partition coefficient (Wildman–Crippen LogP) is 12.1. The third-order valence-corrected chi connectivity index (χ3v) is 11.3. The minimum atomic E-state index is -0.785. The molecule has 0 bridgehead atoms. The van der Waals surface area contributed by atoms with Crippen LogP contribution in [-0.4, -0.2) is 19.1 Å². The Morgan fingerprint density at radius 1 is 0.509 bits per heavy atom. The van der Waals surface area contributed by atoms with E-state index in [1.807, 2.05) is 60.9 Å². The minimum absolute atomic E-state index is 0.597. The van der Waals surface area contributed by atoms with Crippen molar-refractivity contribution in [1.29, 1.82) is 5.26 Å². The van der Waals surface area contributed by atoms with Crippen molar-refractivity contribution in [2.45, 2.75) is 19.3 Å². The van der Waals surface area contributed by atoms with Crippen molar-refractivity contribution in [2.24, 2.45) is 0 Å². The van der Waals surface area contributed by atoms with Crippen molar-refractivity contribution in [3.8, 4) is 17.7 Å². The number of aromatic nitrogens is 4. The van der Waals surface area contributed by atoms with E-state index in [-0.39, 0.29) is 0 Å². The van der Waals surface area contributed by atoms with E-state index in [2.05, 4.69) is 143 Å². The lowest BCUT2D eigenvalue weighted by Crippen LogP contribution is -2.31. The van der Waals surface area contributed by atoms with Gasteiger partial charge in [-0.05, 0) is 119 Å². The first kappa shape index (κ1) is 33.7. The predicted molar refractivity (Wildman–Crippen MR) is 229 cm³/mol. The Morgan fingerprint density at radius 3 is 1.51 bits per heavy atom. The molecule has 0 spiro atoms. The lowest BCUT2D eigenvalue weighted by Gasteiger charge is -2.37. The molecule has 0 radical (unpaired) electrons. The molecule has 0 aliphatic heterocycles. The number of pyridine rings is 2. The number of nitrogens with zero attached hydrogens (tertiary/aromatic N) is 6. The van der Waals surface area contributed by atoms with Gasteiger partial charge in [0.2, 0.25) is 0 Å². The first-order valence-electron chi connectivity index (χ1n) is 18.9. The zero-order valence-electron chi connectivity index (χ0n) is 31.3. The molecule has 0 atom stereocenters. The largest absolute Gasteiger partial charge is 0.294 e. The highest BCUT2D eigenvalue weighted by molar-refractivity contribution is 6.11. The molecule has 6 heteroatoms. The van der Waals surface area contributed by atoms with Gasteiger partial charge < -0.3 is 0 Å². The van der Waals surface area contributed by atoms with E-state index in [9.17, 15) is 5.26 Å². The molecule has 10 aromatic rings. The number of hydrogen-bond acceptors (Lipinski definition) is 3. The summed E-state index contributed by atoms with van der Waals surface area (Å²) < 4.78 is 4.45. The maximum atomic E-state index is 9.92. The van der Waals surface area contributed by atoms with Gasteiger partial charge in [-0.3, -0.25) is 9.13 Å². The molecule has 0 aliphatic rings. The van der Waals surface area contributed by atoms with Crippen LogP contribution in [0.4, 0.5) is 5.69 Å². The normalized spacial score (nSPS) is 11.6. The molecule has 268 valence electrons. The molecule has 0 fully saturated rings. The first-order valence-corrected chi connectivity index (χ1v) is 18.9. The van der Waals surface area contributed by atoms with Crippen LogP contribution in [0.2, 0.25) is 0 Å². The fraction of sp³-hybridized carbons (Fsp3) is 0.0588. The Kier molecular flexibility index (Phi) is 7.81. The number of fused-ring (bicyclic) bond motifs is 6. The maximum absolute atomic E-state index is 9.92. The van der Waals surface area contributed by atoms with E-state index in [1.165, 1.54) is 0 Å². The van der Waals surface area contributed by atoms with Crippen LogP contribution < -0.4 is 0 Å². The van der Waals surface area contributed by atoms with E-state index < -0.39 is 5.41 Å². The van der Waals surface area contributed by atoms with E-state index in [4.69, 9.17) is 16.5 Å². The van der Waals surface area contributed by atoms with Gasteiger partial charge in [0, 0.05) is 28.6 Å². The molecule has 4 heterocycles. The number of rotatable bonds is 6. The molecule has 6 nitrogen and oxygen atoms in total. The van der Waals surface area contributed by atoms with Crippen molar-refractivity contribution in [3.63, 3.8) is 0 Å². The van der Waals surface area contributed by atoms with Gasteiger partial charge in [-0.25, -0.2) is 14.8 Å².